The van der Waals surface area contributed by atoms with Gasteiger partial charge in [0.05, 0.1) is 16.8 Å². The number of aliphatic hydroxyl groups excluding tert-OH is 1. The molecule has 3 atom stereocenters. The molecule has 1 N–H and O–H groups in total. The molecule has 0 radical (unpaired) electrons. The topological polar surface area (TPSA) is 36.4 Å². The largest absolute Gasteiger partial charge is 0.393 e. The summed E-state index contributed by atoms with van der Waals surface area (Å²) < 4.78 is 0. The van der Waals surface area contributed by atoms with Crippen molar-refractivity contribution >= 4 is 11.3 Å². The van der Waals surface area contributed by atoms with E-state index in [1.807, 2.05) is 0 Å². The Morgan fingerprint density at radius 2 is 2.25 bits per heavy atom. The Hall–Kier alpha value is -0.450. The molecule has 0 amide bonds. The fraction of sp³-hybridized carbons (Fsp3) is 0.812. The Balaban J connectivity index is 1.63. The van der Waals surface area contributed by atoms with Gasteiger partial charge in [-0.1, -0.05) is 13.3 Å². The highest BCUT2D eigenvalue weighted by Gasteiger charge is 2.38. The number of aliphatic hydroxyl groups is 1. The number of thiazole rings is 1. The SMILES string of the molecule is CCCc1nc(CN2CCCC2C2CCCC2O)cs1. The third-order valence-corrected chi connectivity index (χ3v) is 5.83. The lowest BCUT2D eigenvalue weighted by Gasteiger charge is -2.30. The second-order valence-corrected chi connectivity index (χ2v) is 7.27. The van der Waals surface area contributed by atoms with Gasteiger partial charge < -0.3 is 5.11 Å². The van der Waals surface area contributed by atoms with E-state index in [-0.39, 0.29) is 6.10 Å². The Labute approximate surface area is 126 Å². The van der Waals surface area contributed by atoms with Crippen molar-refractivity contribution in [3.05, 3.63) is 16.1 Å². The van der Waals surface area contributed by atoms with Crippen molar-refractivity contribution in [2.45, 2.75) is 70.6 Å². The minimum Gasteiger partial charge on any atom is -0.393 e. The summed E-state index contributed by atoms with van der Waals surface area (Å²) in [6, 6.07) is 0.587. The van der Waals surface area contributed by atoms with Gasteiger partial charge in [0.1, 0.15) is 0 Å². The Morgan fingerprint density at radius 3 is 3.00 bits per heavy atom. The molecular formula is C16H26N2OS. The molecule has 0 spiro atoms. The lowest BCUT2D eigenvalue weighted by molar-refractivity contribution is 0.0714. The third-order valence-electron chi connectivity index (χ3n) is 4.87. The van der Waals surface area contributed by atoms with E-state index in [1.165, 1.54) is 49.4 Å². The van der Waals surface area contributed by atoms with Gasteiger partial charge in [-0.2, -0.15) is 0 Å². The van der Waals surface area contributed by atoms with Gasteiger partial charge >= 0.3 is 0 Å². The number of aryl methyl sites for hydroxylation is 1. The van der Waals surface area contributed by atoms with E-state index < -0.39 is 0 Å². The first kappa shape index (κ1) is 14.5. The molecule has 0 bridgehead atoms. The molecule has 112 valence electrons. The standard InChI is InChI=1S/C16H26N2OS/c1-2-5-16-17-12(11-20-16)10-18-9-4-7-14(18)13-6-3-8-15(13)19/h11,13-15,19H,2-10H2,1H3. The van der Waals surface area contributed by atoms with Gasteiger partial charge in [-0.3, -0.25) is 4.90 Å². The van der Waals surface area contributed by atoms with Crippen LogP contribution in [0.1, 0.15) is 56.2 Å². The number of rotatable bonds is 5. The molecule has 20 heavy (non-hydrogen) atoms. The highest BCUT2D eigenvalue weighted by Crippen LogP contribution is 2.36. The molecule has 3 nitrogen and oxygen atoms in total. The van der Waals surface area contributed by atoms with E-state index in [1.54, 1.807) is 11.3 Å². The van der Waals surface area contributed by atoms with Crippen LogP contribution >= 0.6 is 11.3 Å². The summed E-state index contributed by atoms with van der Waals surface area (Å²) in [5.74, 6) is 0.506. The number of likely N-dealkylation sites (tertiary alicyclic amines) is 1. The van der Waals surface area contributed by atoms with Gasteiger partial charge in [0, 0.05) is 23.9 Å². The van der Waals surface area contributed by atoms with E-state index in [4.69, 9.17) is 4.98 Å². The quantitative estimate of drug-likeness (QED) is 0.906. The predicted octanol–water partition coefficient (Wildman–Crippen LogP) is 3.22. The highest BCUT2D eigenvalue weighted by molar-refractivity contribution is 7.09. The Kier molecular flexibility index (Phi) is 4.74. The molecule has 3 rings (SSSR count). The van der Waals surface area contributed by atoms with Crippen molar-refractivity contribution in [2.75, 3.05) is 6.54 Å². The molecule has 4 heteroatoms. The predicted molar refractivity (Wildman–Crippen MR) is 82.9 cm³/mol. The Morgan fingerprint density at radius 1 is 1.35 bits per heavy atom. The monoisotopic (exact) mass is 294 g/mol. The molecule has 1 aromatic rings. The van der Waals surface area contributed by atoms with Gasteiger partial charge in [0.15, 0.2) is 0 Å². The van der Waals surface area contributed by atoms with E-state index >= 15 is 0 Å². The van der Waals surface area contributed by atoms with Crippen molar-refractivity contribution in [1.82, 2.24) is 9.88 Å². The molecule has 2 fully saturated rings. The summed E-state index contributed by atoms with van der Waals surface area (Å²) in [7, 11) is 0. The van der Waals surface area contributed by atoms with Gasteiger partial charge in [-0.25, -0.2) is 4.98 Å². The second-order valence-electron chi connectivity index (χ2n) is 6.32. The van der Waals surface area contributed by atoms with Crippen LogP contribution in [0.4, 0.5) is 0 Å². The number of hydrogen-bond acceptors (Lipinski definition) is 4. The summed E-state index contributed by atoms with van der Waals surface area (Å²) in [4.78, 5) is 7.33. The van der Waals surface area contributed by atoms with Crippen LogP contribution in [0.15, 0.2) is 5.38 Å². The van der Waals surface area contributed by atoms with Crippen LogP contribution in [0.2, 0.25) is 0 Å². The van der Waals surface area contributed by atoms with Crippen LogP contribution in [-0.4, -0.2) is 33.7 Å². The van der Waals surface area contributed by atoms with E-state index in [0.717, 1.165) is 19.4 Å². The fourth-order valence-electron chi connectivity index (χ4n) is 3.91. The molecule has 3 unspecified atom stereocenters. The van der Waals surface area contributed by atoms with Crippen molar-refractivity contribution in [3.63, 3.8) is 0 Å². The zero-order valence-electron chi connectivity index (χ0n) is 12.4. The molecule has 0 aromatic carbocycles. The second kappa shape index (κ2) is 6.54. The normalized spacial score (nSPS) is 31.2. The van der Waals surface area contributed by atoms with Crippen LogP contribution in [-0.2, 0) is 13.0 Å². The van der Waals surface area contributed by atoms with E-state index in [9.17, 15) is 5.11 Å². The minimum absolute atomic E-state index is 0.0633. The fourth-order valence-corrected chi connectivity index (χ4v) is 4.80. The van der Waals surface area contributed by atoms with E-state index in [2.05, 4.69) is 17.2 Å². The summed E-state index contributed by atoms with van der Waals surface area (Å²) in [5, 5.41) is 13.7. The number of hydrogen-bond donors (Lipinski definition) is 1. The zero-order chi connectivity index (χ0) is 13.9. The van der Waals surface area contributed by atoms with Crippen molar-refractivity contribution in [1.29, 1.82) is 0 Å². The molecule has 1 saturated carbocycles. The third kappa shape index (κ3) is 3.07. The molecule has 1 saturated heterocycles. The first-order chi connectivity index (χ1) is 9.78. The van der Waals surface area contributed by atoms with Crippen molar-refractivity contribution in [3.8, 4) is 0 Å². The summed E-state index contributed by atoms with van der Waals surface area (Å²) in [5.41, 5.74) is 1.23. The average Bonchev–Trinajstić information content (AvgIpc) is 3.13. The molecule has 1 aliphatic carbocycles. The van der Waals surface area contributed by atoms with Crippen LogP contribution in [0, 0.1) is 5.92 Å². The van der Waals surface area contributed by atoms with Gasteiger partial charge in [0.2, 0.25) is 0 Å². The number of aromatic nitrogens is 1. The van der Waals surface area contributed by atoms with Gasteiger partial charge in [0.25, 0.3) is 0 Å². The zero-order valence-corrected chi connectivity index (χ0v) is 13.2. The maximum absolute atomic E-state index is 10.2. The highest BCUT2D eigenvalue weighted by atomic mass is 32.1. The molecule has 1 aliphatic heterocycles. The van der Waals surface area contributed by atoms with Crippen molar-refractivity contribution in [2.24, 2.45) is 5.92 Å². The van der Waals surface area contributed by atoms with Gasteiger partial charge in [-0.15, -0.1) is 11.3 Å². The molecular weight excluding hydrogens is 268 g/mol. The minimum atomic E-state index is -0.0633. The van der Waals surface area contributed by atoms with Crippen LogP contribution in [0.5, 0.6) is 0 Å². The maximum atomic E-state index is 10.2. The maximum Gasteiger partial charge on any atom is 0.0928 e. The van der Waals surface area contributed by atoms with Crippen LogP contribution in [0.3, 0.4) is 0 Å². The van der Waals surface area contributed by atoms with Crippen molar-refractivity contribution < 1.29 is 5.11 Å². The van der Waals surface area contributed by atoms with Crippen LogP contribution < -0.4 is 0 Å². The molecule has 2 heterocycles. The number of nitrogens with zero attached hydrogens (tertiary/aromatic N) is 2. The van der Waals surface area contributed by atoms with Gasteiger partial charge in [-0.05, 0) is 45.1 Å². The van der Waals surface area contributed by atoms with Crippen LogP contribution in [0.25, 0.3) is 0 Å². The summed E-state index contributed by atoms with van der Waals surface area (Å²) >= 11 is 1.80. The summed E-state index contributed by atoms with van der Waals surface area (Å²) in [6.07, 6.45) is 8.17. The smallest absolute Gasteiger partial charge is 0.0928 e. The first-order valence-corrected chi connectivity index (χ1v) is 9.01. The lowest BCUT2D eigenvalue weighted by Crippen LogP contribution is -2.38. The lowest BCUT2D eigenvalue weighted by atomic mass is 9.94. The Bertz CT molecular complexity index is 434. The summed E-state index contributed by atoms with van der Waals surface area (Å²) in [6.45, 7) is 4.36. The van der Waals surface area contributed by atoms with E-state index in [0.29, 0.717) is 12.0 Å². The molecule has 2 aliphatic rings. The first-order valence-electron chi connectivity index (χ1n) is 8.13. The average molecular weight is 294 g/mol. The molecule has 1 aromatic heterocycles.